The van der Waals surface area contributed by atoms with E-state index < -0.39 is 0 Å². The summed E-state index contributed by atoms with van der Waals surface area (Å²) < 4.78 is 0. The molecule has 2 nitrogen and oxygen atoms in total. The number of hydrogen-bond acceptors (Lipinski definition) is 2. The van der Waals surface area contributed by atoms with Gasteiger partial charge in [0.05, 0.1) is 0 Å². The van der Waals surface area contributed by atoms with Crippen LogP contribution in [0.2, 0.25) is 0 Å². The monoisotopic (exact) mass is 226 g/mol. The SMILES string of the molecule is CCCCNCC(C)N(CCC)CC1CC1. The molecule has 0 heterocycles. The summed E-state index contributed by atoms with van der Waals surface area (Å²) in [5, 5.41) is 3.58. The normalized spacial score (nSPS) is 18.0. The molecule has 1 fully saturated rings. The van der Waals surface area contributed by atoms with Crippen LogP contribution in [0, 0.1) is 5.92 Å². The van der Waals surface area contributed by atoms with E-state index in [-0.39, 0.29) is 0 Å². The van der Waals surface area contributed by atoms with Crippen LogP contribution in [-0.4, -0.2) is 37.1 Å². The van der Waals surface area contributed by atoms with E-state index in [1.54, 1.807) is 0 Å². The highest BCUT2D eigenvalue weighted by atomic mass is 15.2. The van der Waals surface area contributed by atoms with Crippen LogP contribution in [0.15, 0.2) is 0 Å². The topological polar surface area (TPSA) is 15.3 Å². The summed E-state index contributed by atoms with van der Waals surface area (Å²) in [5.41, 5.74) is 0. The zero-order chi connectivity index (χ0) is 11.8. The minimum absolute atomic E-state index is 0.706. The van der Waals surface area contributed by atoms with Crippen molar-refractivity contribution in [3.63, 3.8) is 0 Å². The third kappa shape index (κ3) is 5.86. The molecule has 1 aliphatic rings. The molecule has 1 aliphatic carbocycles. The first-order valence-electron chi connectivity index (χ1n) is 7.22. The van der Waals surface area contributed by atoms with Crippen molar-refractivity contribution in [3.8, 4) is 0 Å². The van der Waals surface area contributed by atoms with Crippen LogP contribution < -0.4 is 5.32 Å². The van der Waals surface area contributed by atoms with E-state index in [9.17, 15) is 0 Å². The second kappa shape index (κ2) is 8.08. The molecule has 16 heavy (non-hydrogen) atoms. The average Bonchev–Trinajstić information content (AvgIpc) is 3.07. The van der Waals surface area contributed by atoms with Crippen molar-refractivity contribution in [1.82, 2.24) is 10.2 Å². The Morgan fingerprint density at radius 3 is 2.56 bits per heavy atom. The minimum atomic E-state index is 0.706. The van der Waals surface area contributed by atoms with Gasteiger partial charge >= 0.3 is 0 Å². The first-order chi connectivity index (χ1) is 7.77. The van der Waals surface area contributed by atoms with Crippen LogP contribution in [0.4, 0.5) is 0 Å². The quantitative estimate of drug-likeness (QED) is 0.576. The Hall–Kier alpha value is -0.0800. The number of nitrogens with zero attached hydrogens (tertiary/aromatic N) is 1. The van der Waals surface area contributed by atoms with E-state index in [1.165, 1.54) is 51.7 Å². The third-order valence-corrected chi connectivity index (χ3v) is 3.47. The Morgan fingerprint density at radius 1 is 1.25 bits per heavy atom. The molecule has 96 valence electrons. The second-order valence-electron chi connectivity index (χ2n) is 5.35. The van der Waals surface area contributed by atoms with E-state index >= 15 is 0 Å². The van der Waals surface area contributed by atoms with Gasteiger partial charge in [-0.25, -0.2) is 0 Å². The fraction of sp³-hybridized carbons (Fsp3) is 1.00. The predicted octanol–water partition coefficient (Wildman–Crippen LogP) is 2.89. The minimum Gasteiger partial charge on any atom is -0.315 e. The molecule has 0 aromatic rings. The number of rotatable bonds is 10. The van der Waals surface area contributed by atoms with Crippen molar-refractivity contribution < 1.29 is 0 Å². The van der Waals surface area contributed by atoms with Crippen molar-refractivity contribution in [2.45, 2.75) is 58.9 Å². The van der Waals surface area contributed by atoms with Gasteiger partial charge in [-0.15, -0.1) is 0 Å². The highest BCUT2D eigenvalue weighted by molar-refractivity contribution is 4.80. The van der Waals surface area contributed by atoms with Crippen LogP contribution >= 0.6 is 0 Å². The van der Waals surface area contributed by atoms with Crippen LogP contribution in [-0.2, 0) is 0 Å². The predicted molar refractivity (Wildman–Crippen MR) is 71.8 cm³/mol. The number of nitrogens with one attached hydrogen (secondary N) is 1. The first kappa shape index (κ1) is 14.0. The summed E-state index contributed by atoms with van der Waals surface area (Å²) in [5.74, 6) is 1.02. The Bertz CT molecular complexity index is 166. The molecule has 0 aliphatic heterocycles. The van der Waals surface area contributed by atoms with Gasteiger partial charge in [0.1, 0.15) is 0 Å². The van der Waals surface area contributed by atoms with Crippen LogP contribution in [0.25, 0.3) is 0 Å². The first-order valence-corrected chi connectivity index (χ1v) is 7.22. The van der Waals surface area contributed by atoms with E-state index in [4.69, 9.17) is 0 Å². The van der Waals surface area contributed by atoms with Gasteiger partial charge in [-0.05, 0) is 51.6 Å². The zero-order valence-corrected chi connectivity index (χ0v) is 11.5. The molecular formula is C14H30N2. The maximum atomic E-state index is 3.58. The zero-order valence-electron chi connectivity index (χ0n) is 11.5. The molecule has 1 atom stereocenters. The number of hydrogen-bond donors (Lipinski definition) is 1. The lowest BCUT2D eigenvalue weighted by molar-refractivity contribution is 0.196. The standard InChI is InChI=1S/C14H30N2/c1-4-6-9-15-11-13(3)16(10-5-2)12-14-7-8-14/h13-15H,4-12H2,1-3H3. The van der Waals surface area contributed by atoms with Gasteiger partial charge in [-0.2, -0.15) is 0 Å². The summed E-state index contributed by atoms with van der Waals surface area (Å²) >= 11 is 0. The van der Waals surface area contributed by atoms with Gasteiger partial charge < -0.3 is 5.32 Å². The highest BCUT2D eigenvalue weighted by Gasteiger charge is 2.25. The smallest absolute Gasteiger partial charge is 0.0192 e. The van der Waals surface area contributed by atoms with Gasteiger partial charge in [0.25, 0.3) is 0 Å². The molecular weight excluding hydrogens is 196 g/mol. The summed E-state index contributed by atoms with van der Waals surface area (Å²) in [6, 6.07) is 0.706. The van der Waals surface area contributed by atoms with Gasteiger partial charge in [-0.3, -0.25) is 4.90 Å². The van der Waals surface area contributed by atoms with E-state index in [0.29, 0.717) is 6.04 Å². The molecule has 0 radical (unpaired) electrons. The van der Waals surface area contributed by atoms with Crippen molar-refractivity contribution in [2.24, 2.45) is 5.92 Å². The summed E-state index contributed by atoms with van der Waals surface area (Å²) in [4.78, 5) is 2.68. The molecule has 0 spiro atoms. The molecule has 0 aromatic carbocycles. The fourth-order valence-corrected chi connectivity index (χ4v) is 2.15. The largest absolute Gasteiger partial charge is 0.315 e. The Balaban J connectivity index is 2.14. The molecule has 0 amide bonds. The molecule has 1 N–H and O–H groups in total. The average molecular weight is 226 g/mol. The Labute approximate surface area is 102 Å². The second-order valence-corrected chi connectivity index (χ2v) is 5.35. The summed E-state index contributed by atoms with van der Waals surface area (Å²) in [6.07, 6.45) is 6.82. The highest BCUT2D eigenvalue weighted by Crippen LogP contribution is 2.30. The molecule has 1 saturated carbocycles. The summed E-state index contributed by atoms with van der Waals surface area (Å²) in [7, 11) is 0. The number of unbranched alkanes of at least 4 members (excludes halogenated alkanes) is 1. The molecule has 0 bridgehead atoms. The lowest BCUT2D eigenvalue weighted by atomic mass is 10.2. The van der Waals surface area contributed by atoms with E-state index in [0.717, 1.165) is 12.5 Å². The fourth-order valence-electron chi connectivity index (χ4n) is 2.15. The molecule has 0 aromatic heterocycles. The maximum Gasteiger partial charge on any atom is 0.0192 e. The molecule has 2 heteroatoms. The molecule has 1 unspecified atom stereocenters. The van der Waals surface area contributed by atoms with Crippen LogP contribution in [0.3, 0.4) is 0 Å². The molecule has 0 saturated heterocycles. The van der Waals surface area contributed by atoms with E-state index in [2.05, 4.69) is 31.0 Å². The van der Waals surface area contributed by atoms with Crippen LogP contribution in [0.1, 0.15) is 52.9 Å². The third-order valence-electron chi connectivity index (χ3n) is 3.47. The molecule has 1 rings (SSSR count). The maximum absolute atomic E-state index is 3.58. The van der Waals surface area contributed by atoms with Crippen LogP contribution in [0.5, 0.6) is 0 Å². The van der Waals surface area contributed by atoms with Crippen molar-refractivity contribution in [1.29, 1.82) is 0 Å². The summed E-state index contributed by atoms with van der Waals surface area (Å²) in [6.45, 7) is 11.9. The van der Waals surface area contributed by atoms with Crippen molar-refractivity contribution >= 4 is 0 Å². The van der Waals surface area contributed by atoms with Gasteiger partial charge in [0.15, 0.2) is 0 Å². The van der Waals surface area contributed by atoms with E-state index in [1.807, 2.05) is 0 Å². The Kier molecular flexibility index (Phi) is 7.06. The Morgan fingerprint density at radius 2 is 2.00 bits per heavy atom. The van der Waals surface area contributed by atoms with Gasteiger partial charge in [-0.1, -0.05) is 20.3 Å². The van der Waals surface area contributed by atoms with Crippen molar-refractivity contribution in [2.75, 3.05) is 26.2 Å². The lowest BCUT2D eigenvalue weighted by Gasteiger charge is -2.29. The van der Waals surface area contributed by atoms with Gasteiger partial charge in [0, 0.05) is 19.1 Å². The van der Waals surface area contributed by atoms with Crippen molar-refractivity contribution in [3.05, 3.63) is 0 Å². The van der Waals surface area contributed by atoms with Gasteiger partial charge in [0.2, 0.25) is 0 Å². The lowest BCUT2D eigenvalue weighted by Crippen LogP contribution is -2.42.